The van der Waals surface area contributed by atoms with Gasteiger partial charge in [-0.1, -0.05) is 42.5 Å². The third-order valence-electron chi connectivity index (χ3n) is 4.59. The van der Waals surface area contributed by atoms with Crippen LogP contribution in [0.15, 0.2) is 54.6 Å². The van der Waals surface area contributed by atoms with Crippen LogP contribution in [0.5, 0.6) is 0 Å². The Morgan fingerprint density at radius 1 is 0.967 bits per heavy atom. The molecule has 2 aromatic rings. The monoisotopic (exact) mass is 410 g/mol. The molecule has 0 saturated carbocycles. The molecule has 158 valence electrons. The molecule has 0 fully saturated rings. The van der Waals surface area contributed by atoms with Gasteiger partial charge in [0.15, 0.2) is 0 Å². The normalized spacial score (nSPS) is 14.5. The Balaban J connectivity index is 1.74. The molecule has 1 unspecified atom stereocenters. The highest BCUT2D eigenvalue weighted by Crippen LogP contribution is 2.29. The molecule has 2 aromatic carbocycles. The van der Waals surface area contributed by atoms with Crippen molar-refractivity contribution in [1.82, 2.24) is 9.96 Å². The number of imide groups is 1. The first kappa shape index (κ1) is 21.5. The van der Waals surface area contributed by atoms with Gasteiger partial charge in [0.2, 0.25) is 0 Å². The molecule has 30 heavy (non-hydrogen) atoms. The average Bonchev–Trinajstić information content (AvgIpc) is 2.95. The van der Waals surface area contributed by atoms with Gasteiger partial charge in [-0.3, -0.25) is 14.4 Å². The third-order valence-corrected chi connectivity index (χ3v) is 4.59. The van der Waals surface area contributed by atoms with Crippen LogP contribution in [0.1, 0.15) is 59.6 Å². The molecule has 0 radical (unpaired) electrons. The van der Waals surface area contributed by atoms with Gasteiger partial charge in [-0.2, -0.15) is 0 Å². The van der Waals surface area contributed by atoms with Gasteiger partial charge in [0.05, 0.1) is 11.1 Å². The number of hydrogen-bond acceptors (Lipinski definition) is 5. The summed E-state index contributed by atoms with van der Waals surface area (Å²) in [6.45, 7) is 5.72. The van der Waals surface area contributed by atoms with Gasteiger partial charge in [0.1, 0.15) is 11.7 Å². The topological polar surface area (TPSA) is 76.2 Å². The van der Waals surface area contributed by atoms with E-state index in [-0.39, 0.29) is 0 Å². The molecule has 0 saturated heterocycles. The highest BCUT2D eigenvalue weighted by atomic mass is 16.7. The van der Waals surface area contributed by atoms with Crippen LogP contribution in [0.2, 0.25) is 0 Å². The van der Waals surface area contributed by atoms with E-state index in [0.717, 1.165) is 10.6 Å². The number of rotatable bonds is 6. The average molecular weight is 410 g/mol. The maximum atomic E-state index is 12.7. The largest absolute Gasteiger partial charge is 0.444 e. The zero-order valence-corrected chi connectivity index (χ0v) is 17.6. The van der Waals surface area contributed by atoms with Crippen molar-refractivity contribution >= 4 is 17.9 Å². The fraction of sp³-hybridized carbons (Fsp3) is 0.348. The standard InChI is InChI=1S/C23H26N2O5/c1-23(2,3)29-22(28)24(4)15-14-19(16-10-6-5-7-11-16)30-25-20(26)17-12-8-9-13-18(17)21(25)27/h5-13,19H,14-15H2,1-4H3. The van der Waals surface area contributed by atoms with Crippen molar-refractivity contribution in [3.8, 4) is 0 Å². The quantitative estimate of drug-likeness (QED) is 0.667. The molecular formula is C23H26N2O5. The molecular weight excluding hydrogens is 384 g/mol. The van der Waals surface area contributed by atoms with E-state index in [1.807, 2.05) is 30.3 Å². The number of carbonyl (C=O) groups excluding carboxylic acids is 3. The van der Waals surface area contributed by atoms with Crippen LogP contribution >= 0.6 is 0 Å². The van der Waals surface area contributed by atoms with Crippen LogP contribution in [0, 0.1) is 0 Å². The number of fused-ring (bicyclic) bond motifs is 1. The Kier molecular flexibility index (Phi) is 6.22. The van der Waals surface area contributed by atoms with Gasteiger partial charge in [-0.15, -0.1) is 5.06 Å². The van der Waals surface area contributed by atoms with Crippen molar-refractivity contribution in [2.75, 3.05) is 13.6 Å². The molecule has 7 heteroatoms. The maximum absolute atomic E-state index is 12.7. The lowest BCUT2D eigenvalue weighted by molar-refractivity contribution is -0.137. The number of benzene rings is 2. The molecule has 1 heterocycles. The third kappa shape index (κ3) is 4.86. The lowest BCUT2D eigenvalue weighted by atomic mass is 10.1. The van der Waals surface area contributed by atoms with Crippen molar-refractivity contribution in [3.63, 3.8) is 0 Å². The van der Waals surface area contributed by atoms with E-state index in [9.17, 15) is 14.4 Å². The second-order valence-corrected chi connectivity index (χ2v) is 8.15. The molecule has 7 nitrogen and oxygen atoms in total. The van der Waals surface area contributed by atoms with Crippen molar-refractivity contribution in [2.24, 2.45) is 0 Å². The van der Waals surface area contributed by atoms with Crippen molar-refractivity contribution in [1.29, 1.82) is 0 Å². The van der Waals surface area contributed by atoms with Crippen LogP contribution < -0.4 is 0 Å². The van der Waals surface area contributed by atoms with Gasteiger partial charge in [-0.05, 0) is 44.9 Å². The molecule has 0 aromatic heterocycles. The minimum Gasteiger partial charge on any atom is -0.444 e. The first-order valence-corrected chi connectivity index (χ1v) is 9.81. The summed E-state index contributed by atoms with van der Waals surface area (Å²) in [6.07, 6.45) is -0.680. The number of carbonyl (C=O) groups is 3. The summed E-state index contributed by atoms with van der Waals surface area (Å²) in [5.74, 6) is -0.978. The van der Waals surface area contributed by atoms with Crippen molar-refractivity contribution in [3.05, 3.63) is 71.3 Å². The highest BCUT2D eigenvalue weighted by molar-refractivity contribution is 6.20. The predicted octanol–water partition coefficient (Wildman–Crippen LogP) is 4.21. The van der Waals surface area contributed by atoms with Gasteiger partial charge >= 0.3 is 6.09 Å². The fourth-order valence-electron chi connectivity index (χ4n) is 3.08. The minimum absolute atomic E-state index is 0.317. The zero-order valence-electron chi connectivity index (χ0n) is 17.6. The van der Waals surface area contributed by atoms with E-state index < -0.39 is 29.6 Å². The Hall–Kier alpha value is -3.19. The van der Waals surface area contributed by atoms with Crippen LogP contribution in [0.25, 0.3) is 0 Å². The molecule has 1 aliphatic rings. The van der Waals surface area contributed by atoms with E-state index >= 15 is 0 Å². The fourth-order valence-corrected chi connectivity index (χ4v) is 3.08. The van der Waals surface area contributed by atoms with E-state index in [1.54, 1.807) is 52.1 Å². The van der Waals surface area contributed by atoms with Gasteiger partial charge in [0.25, 0.3) is 11.8 Å². The Morgan fingerprint density at radius 3 is 2.03 bits per heavy atom. The Morgan fingerprint density at radius 2 is 1.50 bits per heavy atom. The second-order valence-electron chi connectivity index (χ2n) is 8.15. The number of nitrogens with zero attached hydrogens (tertiary/aromatic N) is 2. The van der Waals surface area contributed by atoms with E-state index in [4.69, 9.17) is 9.57 Å². The van der Waals surface area contributed by atoms with Crippen molar-refractivity contribution < 1.29 is 24.0 Å². The van der Waals surface area contributed by atoms with Crippen LogP contribution in [-0.2, 0) is 9.57 Å². The predicted molar refractivity (Wildman–Crippen MR) is 111 cm³/mol. The number of ether oxygens (including phenoxy) is 1. The van der Waals surface area contributed by atoms with E-state index in [0.29, 0.717) is 24.1 Å². The summed E-state index contributed by atoms with van der Waals surface area (Å²) in [5, 5.41) is 0.815. The molecule has 0 N–H and O–H groups in total. The molecule has 0 bridgehead atoms. The Bertz CT molecular complexity index is 901. The molecule has 3 rings (SSSR count). The number of amides is 3. The summed E-state index contributed by atoms with van der Waals surface area (Å²) < 4.78 is 5.37. The maximum Gasteiger partial charge on any atom is 0.410 e. The molecule has 0 aliphatic carbocycles. The second kappa shape index (κ2) is 8.67. The lowest BCUT2D eigenvalue weighted by Crippen LogP contribution is -2.36. The van der Waals surface area contributed by atoms with E-state index in [2.05, 4.69) is 0 Å². The Labute approximate surface area is 176 Å². The van der Waals surface area contributed by atoms with Gasteiger partial charge in [-0.25, -0.2) is 4.79 Å². The van der Waals surface area contributed by atoms with Crippen molar-refractivity contribution in [2.45, 2.75) is 38.9 Å². The highest BCUT2D eigenvalue weighted by Gasteiger charge is 2.38. The molecule has 1 aliphatic heterocycles. The van der Waals surface area contributed by atoms with Gasteiger partial charge < -0.3 is 9.64 Å². The molecule has 1 atom stereocenters. The summed E-state index contributed by atoms with van der Waals surface area (Å²) in [4.78, 5) is 44.9. The minimum atomic E-state index is -0.599. The summed E-state index contributed by atoms with van der Waals surface area (Å²) in [5.41, 5.74) is 0.841. The molecule has 3 amide bonds. The number of hydroxylamine groups is 2. The molecule has 0 spiro atoms. The number of hydrogen-bond donors (Lipinski definition) is 0. The first-order valence-electron chi connectivity index (χ1n) is 9.81. The first-order chi connectivity index (χ1) is 14.2. The van der Waals surface area contributed by atoms with Crippen LogP contribution in [-0.4, -0.2) is 47.1 Å². The van der Waals surface area contributed by atoms with Gasteiger partial charge in [0, 0.05) is 13.6 Å². The van der Waals surface area contributed by atoms with Crippen LogP contribution in [0.3, 0.4) is 0 Å². The smallest absolute Gasteiger partial charge is 0.410 e. The summed E-state index contributed by atoms with van der Waals surface area (Å²) >= 11 is 0. The zero-order chi connectivity index (χ0) is 21.9. The van der Waals surface area contributed by atoms with E-state index in [1.165, 1.54) is 4.90 Å². The van der Waals surface area contributed by atoms with Crippen LogP contribution in [0.4, 0.5) is 4.79 Å². The SMILES string of the molecule is CN(CCC(ON1C(=O)c2ccccc2C1=O)c1ccccc1)C(=O)OC(C)(C)C. The lowest BCUT2D eigenvalue weighted by Gasteiger charge is -2.27. The summed E-state index contributed by atoms with van der Waals surface area (Å²) in [7, 11) is 1.64. The summed E-state index contributed by atoms with van der Waals surface area (Å²) in [6, 6.07) is 15.9.